The van der Waals surface area contributed by atoms with Crippen LogP contribution in [0.4, 0.5) is 10.5 Å². The first-order valence-corrected chi connectivity index (χ1v) is 12.9. The van der Waals surface area contributed by atoms with Crippen molar-refractivity contribution >= 4 is 29.9 Å². The molecule has 1 atom stereocenters. The highest BCUT2D eigenvalue weighted by Gasteiger charge is 2.18. The van der Waals surface area contributed by atoms with E-state index in [1.165, 1.54) is 0 Å². The van der Waals surface area contributed by atoms with Gasteiger partial charge in [-0.25, -0.2) is 15.2 Å². The summed E-state index contributed by atoms with van der Waals surface area (Å²) in [5, 5.41) is 3.22. The summed E-state index contributed by atoms with van der Waals surface area (Å²) in [7, 11) is 0. The van der Waals surface area contributed by atoms with Gasteiger partial charge in [0.1, 0.15) is 18.0 Å². The molecule has 2 amide bonds. The molecular weight excluding hydrogens is 484 g/mol. The molecule has 0 saturated carbocycles. The number of likely N-dealkylation sites (N-methyl/N-ethyl adjacent to an activating group) is 1. The topological polar surface area (TPSA) is 117 Å². The number of nitrogens with one attached hydrogen (secondary N) is 3. The lowest BCUT2D eigenvalue weighted by Crippen LogP contribution is -2.44. The number of anilines is 1. The van der Waals surface area contributed by atoms with Crippen LogP contribution in [0.1, 0.15) is 56.5 Å². The van der Waals surface area contributed by atoms with Crippen LogP contribution in [0, 0.1) is 0 Å². The summed E-state index contributed by atoms with van der Waals surface area (Å²) < 4.78 is 10.9. The number of hydrogen-bond donors (Lipinski definition) is 3. The molecule has 1 aliphatic rings. The monoisotopic (exact) mass is 522 g/mol. The number of ether oxygens (including phenoxy) is 2. The zero-order chi connectivity index (χ0) is 27.5. The van der Waals surface area contributed by atoms with Crippen LogP contribution in [0.3, 0.4) is 0 Å². The van der Waals surface area contributed by atoms with E-state index in [1.807, 2.05) is 42.6 Å². The van der Waals surface area contributed by atoms with E-state index in [9.17, 15) is 9.59 Å². The highest BCUT2D eigenvalue weighted by molar-refractivity contribution is 6.00. The third-order valence-electron chi connectivity index (χ3n) is 5.77. The summed E-state index contributed by atoms with van der Waals surface area (Å²) in [5.74, 6) is 0.930. The number of carbonyl (C=O) groups is 2. The predicted molar refractivity (Wildman–Crippen MR) is 150 cm³/mol. The summed E-state index contributed by atoms with van der Waals surface area (Å²) in [6.45, 7) is 13.7. The van der Waals surface area contributed by atoms with Crippen molar-refractivity contribution in [3.8, 4) is 5.75 Å². The van der Waals surface area contributed by atoms with Gasteiger partial charge < -0.3 is 19.7 Å². The first-order valence-electron chi connectivity index (χ1n) is 12.9. The molecule has 0 radical (unpaired) electrons. The zero-order valence-corrected chi connectivity index (χ0v) is 22.8. The fourth-order valence-electron chi connectivity index (χ4n) is 3.66. The van der Waals surface area contributed by atoms with Crippen molar-refractivity contribution in [1.82, 2.24) is 15.8 Å². The Bertz CT molecular complexity index is 1120. The Kier molecular flexibility index (Phi) is 10.2. The molecule has 38 heavy (non-hydrogen) atoms. The van der Waals surface area contributed by atoms with Crippen LogP contribution < -0.4 is 20.9 Å². The van der Waals surface area contributed by atoms with Gasteiger partial charge in [-0.05, 0) is 75.8 Å². The number of hydrogen-bond acceptors (Lipinski definition) is 8. The average molecular weight is 523 g/mol. The first-order chi connectivity index (χ1) is 18.2. The molecule has 204 valence electrons. The van der Waals surface area contributed by atoms with Gasteiger partial charge in [-0.2, -0.15) is 0 Å². The van der Waals surface area contributed by atoms with E-state index >= 15 is 0 Å². The van der Waals surface area contributed by atoms with Crippen molar-refractivity contribution in [2.45, 2.75) is 46.1 Å². The van der Waals surface area contributed by atoms with Crippen molar-refractivity contribution in [2.24, 2.45) is 9.98 Å². The summed E-state index contributed by atoms with van der Waals surface area (Å²) in [4.78, 5) is 35.3. The van der Waals surface area contributed by atoms with E-state index in [1.54, 1.807) is 32.9 Å². The molecule has 1 heterocycles. The highest BCUT2D eigenvalue weighted by Crippen LogP contribution is 2.20. The molecule has 3 N–H and O–H groups in total. The lowest BCUT2D eigenvalue weighted by atomic mass is 9.98. The van der Waals surface area contributed by atoms with Crippen molar-refractivity contribution in [1.29, 1.82) is 0 Å². The lowest BCUT2D eigenvalue weighted by molar-refractivity contribution is 0.0483. The Hall–Kier alpha value is -3.92. The summed E-state index contributed by atoms with van der Waals surface area (Å²) in [6, 6.07) is 14.8. The van der Waals surface area contributed by atoms with Gasteiger partial charge in [0.25, 0.3) is 5.91 Å². The largest absolute Gasteiger partial charge is 0.492 e. The van der Waals surface area contributed by atoms with Gasteiger partial charge in [0.05, 0.1) is 6.54 Å². The molecular formula is C28H38N6O4. The second-order valence-electron chi connectivity index (χ2n) is 9.78. The second-order valence-corrected chi connectivity index (χ2v) is 9.78. The normalized spacial score (nSPS) is 15.0. The van der Waals surface area contributed by atoms with E-state index < -0.39 is 17.6 Å². The second kappa shape index (κ2) is 13.6. The fourth-order valence-corrected chi connectivity index (χ4v) is 3.66. The maximum Gasteiger partial charge on any atom is 0.426 e. The predicted octanol–water partition coefficient (Wildman–Crippen LogP) is 4.21. The molecule has 0 spiro atoms. The summed E-state index contributed by atoms with van der Waals surface area (Å²) in [5.41, 5.74) is 6.21. The Morgan fingerprint density at radius 1 is 1.00 bits per heavy atom. The minimum Gasteiger partial charge on any atom is -0.492 e. The number of aliphatic imine (C=N–C) groups is 2. The van der Waals surface area contributed by atoms with E-state index in [0.717, 1.165) is 36.6 Å². The van der Waals surface area contributed by atoms with Gasteiger partial charge in [0.2, 0.25) is 5.96 Å². The average Bonchev–Trinajstić information content (AvgIpc) is 2.90. The Balaban J connectivity index is 1.45. The van der Waals surface area contributed by atoms with Crippen molar-refractivity contribution in [3.05, 3.63) is 59.7 Å². The van der Waals surface area contributed by atoms with Gasteiger partial charge in [-0.15, -0.1) is 0 Å². The quantitative estimate of drug-likeness (QED) is 0.425. The van der Waals surface area contributed by atoms with Gasteiger partial charge >= 0.3 is 6.09 Å². The third-order valence-corrected chi connectivity index (χ3v) is 5.77. The molecule has 10 heteroatoms. The fraction of sp³-hybridized carbons (Fsp3) is 0.429. The number of hydrazine groups is 1. The molecule has 0 saturated heterocycles. The van der Waals surface area contributed by atoms with Crippen molar-refractivity contribution in [3.63, 3.8) is 0 Å². The van der Waals surface area contributed by atoms with Gasteiger partial charge in [0.15, 0.2) is 0 Å². The number of rotatable bonds is 9. The smallest absolute Gasteiger partial charge is 0.426 e. The minimum absolute atomic E-state index is 0.000803. The van der Waals surface area contributed by atoms with E-state index in [2.05, 4.69) is 44.9 Å². The van der Waals surface area contributed by atoms with Crippen LogP contribution in [0.5, 0.6) is 5.75 Å². The van der Waals surface area contributed by atoms with Crippen LogP contribution in [-0.2, 0) is 4.74 Å². The van der Waals surface area contributed by atoms with Crippen LogP contribution in [0.2, 0.25) is 0 Å². The number of amides is 2. The Morgan fingerprint density at radius 3 is 2.26 bits per heavy atom. The van der Waals surface area contributed by atoms with Gasteiger partial charge in [-0.1, -0.05) is 26.0 Å². The Morgan fingerprint density at radius 2 is 1.68 bits per heavy atom. The maximum atomic E-state index is 12.3. The number of benzene rings is 2. The maximum absolute atomic E-state index is 12.3. The molecule has 1 aliphatic heterocycles. The molecule has 2 aromatic carbocycles. The van der Waals surface area contributed by atoms with Gasteiger partial charge in [0, 0.05) is 29.9 Å². The molecule has 3 rings (SSSR count). The number of guanidine groups is 1. The molecule has 0 fully saturated rings. The summed E-state index contributed by atoms with van der Waals surface area (Å²) >= 11 is 0. The molecule has 0 aliphatic carbocycles. The molecule has 10 nitrogen and oxygen atoms in total. The Labute approximate surface area is 224 Å². The number of nitrogens with zero attached hydrogens (tertiary/aromatic N) is 3. The zero-order valence-electron chi connectivity index (χ0n) is 22.8. The van der Waals surface area contributed by atoms with Crippen molar-refractivity contribution in [2.75, 3.05) is 38.1 Å². The highest BCUT2D eigenvalue weighted by atomic mass is 16.6. The van der Waals surface area contributed by atoms with Crippen LogP contribution in [0.15, 0.2) is 58.5 Å². The SMILES string of the molecule is CCN(CC)CCOc1ccc(NC2=NCC(c3ccc(C(=O)NNC(=O)OC(C)(C)C)cc3)C=N2)cc1. The van der Waals surface area contributed by atoms with E-state index in [-0.39, 0.29) is 5.92 Å². The van der Waals surface area contributed by atoms with Crippen LogP contribution >= 0.6 is 0 Å². The summed E-state index contributed by atoms with van der Waals surface area (Å²) in [6.07, 6.45) is 1.12. The minimum atomic E-state index is -0.724. The third kappa shape index (κ3) is 9.19. The van der Waals surface area contributed by atoms with Gasteiger partial charge in [-0.3, -0.25) is 15.2 Å². The van der Waals surface area contributed by atoms with Crippen LogP contribution in [-0.4, -0.2) is 67.5 Å². The molecule has 2 aromatic rings. The standard InChI is InChI=1S/C28H38N6O4/c1-6-34(7-2)16-17-37-24-14-12-23(13-15-24)31-26-29-18-22(19-30-26)20-8-10-21(11-9-20)25(35)32-33-27(36)38-28(3,4)5/h8-15,18,22H,6-7,16-17,19H2,1-5H3,(H,30,31)(H,32,35)(H,33,36). The lowest BCUT2D eigenvalue weighted by Gasteiger charge is -2.19. The van der Waals surface area contributed by atoms with Crippen molar-refractivity contribution < 1.29 is 19.1 Å². The van der Waals surface area contributed by atoms with E-state index in [4.69, 9.17) is 9.47 Å². The first kappa shape index (κ1) is 28.6. The molecule has 0 bridgehead atoms. The number of carbonyl (C=O) groups excluding carboxylic acids is 2. The molecule has 1 unspecified atom stereocenters. The van der Waals surface area contributed by atoms with E-state index in [0.29, 0.717) is 24.7 Å². The molecule has 0 aromatic heterocycles. The van der Waals surface area contributed by atoms with Crippen LogP contribution in [0.25, 0.3) is 0 Å².